The summed E-state index contributed by atoms with van der Waals surface area (Å²) < 4.78 is 0. The Balaban J connectivity index is 2.30. The predicted octanol–water partition coefficient (Wildman–Crippen LogP) is 3.51. The number of hydrogen-bond donors (Lipinski definition) is 1. The van der Waals surface area contributed by atoms with E-state index in [4.69, 9.17) is 28.5 Å². The van der Waals surface area contributed by atoms with Gasteiger partial charge in [-0.3, -0.25) is 9.78 Å². The molecule has 2 rings (SSSR count). The number of carbonyl (C=O) groups is 1. The third-order valence-electron chi connectivity index (χ3n) is 2.36. The van der Waals surface area contributed by atoms with Crippen molar-refractivity contribution in [3.05, 3.63) is 57.8 Å². The van der Waals surface area contributed by atoms with E-state index in [0.717, 1.165) is 0 Å². The zero-order chi connectivity index (χ0) is 13.8. The van der Waals surface area contributed by atoms with E-state index in [-0.39, 0.29) is 10.6 Å². The van der Waals surface area contributed by atoms with Crippen molar-refractivity contribution >= 4 is 34.8 Å². The minimum absolute atomic E-state index is 0.243. The van der Waals surface area contributed by atoms with Gasteiger partial charge >= 0.3 is 0 Å². The molecule has 0 aliphatic heterocycles. The first kappa shape index (κ1) is 13.3. The number of anilines is 1. The fourth-order valence-electron chi connectivity index (χ4n) is 1.44. The van der Waals surface area contributed by atoms with Crippen LogP contribution in [0.3, 0.4) is 0 Å². The average molecular weight is 292 g/mol. The molecule has 0 saturated heterocycles. The molecule has 1 amide bonds. The maximum Gasteiger partial charge on any atom is 0.257 e. The maximum atomic E-state index is 12.0. The molecule has 0 radical (unpaired) electrons. The molecule has 4 nitrogen and oxygen atoms in total. The van der Waals surface area contributed by atoms with E-state index in [1.54, 1.807) is 12.1 Å². The number of nitrogens with zero attached hydrogens (tertiary/aromatic N) is 2. The van der Waals surface area contributed by atoms with Crippen molar-refractivity contribution in [3.8, 4) is 6.07 Å². The highest BCUT2D eigenvalue weighted by molar-refractivity contribution is 6.35. The topological polar surface area (TPSA) is 65.8 Å². The highest BCUT2D eigenvalue weighted by Gasteiger charge is 2.12. The molecule has 1 N–H and O–H groups in total. The SMILES string of the molecule is N#Cc1ccc(Cl)c(NC(=O)c2ccncc2Cl)c1. The van der Waals surface area contributed by atoms with Crippen molar-refractivity contribution in [3.63, 3.8) is 0 Å². The minimum Gasteiger partial charge on any atom is -0.321 e. The standard InChI is InChI=1S/C13H7Cl2N3O/c14-10-2-1-8(6-16)5-12(10)18-13(19)9-3-4-17-7-11(9)15/h1-5,7H,(H,18,19). The van der Waals surface area contributed by atoms with Crippen LogP contribution in [0.25, 0.3) is 0 Å². The van der Waals surface area contributed by atoms with Crippen LogP contribution in [-0.4, -0.2) is 10.9 Å². The molecule has 0 bridgehead atoms. The lowest BCUT2D eigenvalue weighted by molar-refractivity contribution is 0.102. The molecule has 0 atom stereocenters. The van der Waals surface area contributed by atoms with Crippen molar-refractivity contribution in [2.24, 2.45) is 0 Å². The summed E-state index contributed by atoms with van der Waals surface area (Å²) in [5.74, 6) is -0.413. The monoisotopic (exact) mass is 291 g/mol. The minimum atomic E-state index is -0.413. The van der Waals surface area contributed by atoms with E-state index in [1.165, 1.54) is 24.5 Å². The molecule has 19 heavy (non-hydrogen) atoms. The summed E-state index contributed by atoms with van der Waals surface area (Å²) in [4.78, 5) is 15.8. The van der Waals surface area contributed by atoms with Crippen LogP contribution in [0, 0.1) is 11.3 Å². The summed E-state index contributed by atoms with van der Waals surface area (Å²) >= 11 is 11.8. The van der Waals surface area contributed by atoms with Crippen LogP contribution in [-0.2, 0) is 0 Å². The van der Waals surface area contributed by atoms with Crippen molar-refractivity contribution in [2.45, 2.75) is 0 Å². The molecular formula is C13H7Cl2N3O. The van der Waals surface area contributed by atoms with Crippen molar-refractivity contribution in [2.75, 3.05) is 5.32 Å². The highest BCUT2D eigenvalue weighted by atomic mass is 35.5. The van der Waals surface area contributed by atoms with Gasteiger partial charge in [0.2, 0.25) is 0 Å². The molecule has 1 aromatic carbocycles. The van der Waals surface area contributed by atoms with Crippen LogP contribution in [0.1, 0.15) is 15.9 Å². The molecule has 0 aliphatic carbocycles. The van der Waals surface area contributed by atoms with Crippen LogP contribution in [0.2, 0.25) is 10.0 Å². The molecule has 0 saturated carbocycles. The molecule has 0 aliphatic rings. The molecule has 0 spiro atoms. The van der Waals surface area contributed by atoms with Gasteiger partial charge in [0.1, 0.15) is 0 Å². The Bertz CT molecular complexity index is 680. The number of pyridine rings is 1. The average Bonchev–Trinajstić information content (AvgIpc) is 2.41. The van der Waals surface area contributed by atoms with Crippen LogP contribution < -0.4 is 5.32 Å². The summed E-state index contributed by atoms with van der Waals surface area (Å²) in [6.45, 7) is 0. The summed E-state index contributed by atoms with van der Waals surface area (Å²) in [5, 5.41) is 12.0. The number of aromatic nitrogens is 1. The first-order chi connectivity index (χ1) is 9.11. The fraction of sp³-hybridized carbons (Fsp3) is 0. The van der Waals surface area contributed by atoms with Gasteiger partial charge < -0.3 is 5.32 Å². The second kappa shape index (κ2) is 5.70. The van der Waals surface area contributed by atoms with Crippen LogP contribution in [0.15, 0.2) is 36.7 Å². The Hall–Kier alpha value is -2.09. The number of nitriles is 1. The number of benzene rings is 1. The Morgan fingerprint density at radius 3 is 2.74 bits per heavy atom. The van der Waals surface area contributed by atoms with Gasteiger partial charge in [-0.15, -0.1) is 0 Å². The van der Waals surface area contributed by atoms with Crippen molar-refractivity contribution in [1.29, 1.82) is 5.26 Å². The van der Waals surface area contributed by atoms with Crippen molar-refractivity contribution in [1.82, 2.24) is 4.98 Å². The summed E-state index contributed by atoms with van der Waals surface area (Å²) in [7, 11) is 0. The summed E-state index contributed by atoms with van der Waals surface area (Å²) in [6, 6.07) is 8.08. The summed E-state index contributed by atoms with van der Waals surface area (Å²) in [6.07, 6.45) is 2.85. The molecule has 94 valence electrons. The lowest BCUT2D eigenvalue weighted by Gasteiger charge is -2.08. The smallest absolute Gasteiger partial charge is 0.257 e. The second-order valence-corrected chi connectivity index (χ2v) is 4.43. The lowest BCUT2D eigenvalue weighted by Crippen LogP contribution is -2.13. The number of carbonyl (C=O) groups excluding carboxylic acids is 1. The first-order valence-corrected chi connectivity index (χ1v) is 5.98. The molecular weight excluding hydrogens is 285 g/mol. The number of hydrogen-bond acceptors (Lipinski definition) is 3. The van der Waals surface area contributed by atoms with E-state index in [0.29, 0.717) is 16.3 Å². The number of rotatable bonds is 2. The maximum absolute atomic E-state index is 12.0. The van der Waals surface area contributed by atoms with Crippen LogP contribution >= 0.6 is 23.2 Å². The van der Waals surface area contributed by atoms with Gasteiger partial charge in [-0.1, -0.05) is 23.2 Å². The number of nitrogens with one attached hydrogen (secondary N) is 1. The van der Waals surface area contributed by atoms with Gasteiger partial charge in [-0.05, 0) is 24.3 Å². The Morgan fingerprint density at radius 2 is 2.05 bits per heavy atom. The molecule has 6 heteroatoms. The Morgan fingerprint density at radius 1 is 1.26 bits per heavy atom. The van der Waals surface area contributed by atoms with E-state index >= 15 is 0 Å². The van der Waals surface area contributed by atoms with Gasteiger partial charge in [0, 0.05) is 12.4 Å². The van der Waals surface area contributed by atoms with Crippen molar-refractivity contribution < 1.29 is 4.79 Å². The van der Waals surface area contributed by atoms with Gasteiger partial charge in [-0.2, -0.15) is 5.26 Å². The normalized spacial score (nSPS) is 9.74. The van der Waals surface area contributed by atoms with Gasteiger partial charge in [0.15, 0.2) is 0 Å². The molecule has 2 aromatic rings. The highest BCUT2D eigenvalue weighted by Crippen LogP contribution is 2.24. The number of halogens is 2. The number of amides is 1. The molecule has 1 aromatic heterocycles. The Kier molecular flexibility index (Phi) is 4.00. The van der Waals surface area contributed by atoms with E-state index in [2.05, 4.69) is 10.3 Å². The van der Waals surface area contributed by atoms with Gasteiger partial charge in [0.25, 0.3) is 5.91 Å². The third kappa shape index (κ3) is 3.02. The van der Waals surface area contributed by atoms with E-state index < -0.39 is 5.91 Å². The predicted molar refractivity (Wildman–Crippen MR) is 73.4 cm³/mol. The zero-order valence-corrected chi connectivity index (χ0v) is 11.0. The molecule has 0 fully saturated rings. The van der Waals surface area contributed by atoms with E-state index in [9.17, 15) is 4.79 Å². The van der Waals surface area contributed by atoms with Crippen LogP contribution in [0.5, 0.6) is 0 Å². The van der Waals surface area contributed by atoms with Crippen LogP contribution in [0.4, 0.5) is 5.69 Å². The van der Waals surface area contributed by atoms with Gasteiger partial charge in [0.05, 0.1) is 32.9 Å². The Labute approximate surface area is 119 Å². The summed E-state index contributed by atoms with van der Waals surface area (Å²) in [5.41, 5.74) is 1.05. The molecule has 0 unspecified atom stereocenters. The lowest BCUT2D eigenvalue weighted by atomic mass is 10.2. The third-order valence-corrected chi connectivity index (χ3v) is 2.99. The zero-order valence-electron chi connectivity index (χ0n) is 9.52. The van der Waals surface area contributed by atoms with E-state index in [1.807, 2.05) is 6.07 Å². The quantitative estimate of drug-likeness (QED) is 0.921. The molecule has 1 heterocycles. The largest absolute Gasteiger partial charge is 0.321 e. The van der Waals surface area contributed by atoms with Gasteiger partial charge in [-0.25, -0.2) is 0 Å². The second-order valence-electron chi connectivity index (χ2n) is 3.62. The fourth-order valence-corrected chi connectivity index (χ4v) is 1.81. The first-order valence-electron chi connectivity index (χ1n) is 5.22.